The Labute approximate surface area is 219 Å². The van der Waals surface area contributed by atoms with Gasteiger partial charge in [-0.2, -0.15) is 0 Å². The lowest BCUT2D eigenvalue weighted by molar-refractivity contribution is 0.327. The first-order valence-electron chi connectivity index (χ1n) is 11.8. The van der Waals surface area contributed by atoms with Gasteiger partial charge in [0.2, 0.25) is 38.0 Å². The highest BCUT2D eigenvalue weighted by Crippen LogP contribution is 2.53. The maximum Gasteiger partial charge on any atom is 0.242 e. The lowest BCUT2D eigenvalue weighted by Crippen LogP contribution is -2.32. The van der Waals surface area contributed by atoms with E-state index in [1.807, 2.05) is 70.5 Å². The summed E-state index contributed by atoms with van der Waals surface area (Å²) >= 11 is 0. The van der Waals surface area contributed by atoms with Crippen molar-refractivity contribution < 1.29 is 26.7 Å². The van der Waals surface area contributed by atoms with Crippen LogP contribution in [0.25, 0.3) is 0 Å². The van der Waals surface area contributed by atoms with E-state index in [0.717, 1.165) is 11.1 Å². The number of hydrogen-bond donors (Lipinski definition) is 0. The smallest absolute Gasteiger partial charge is 0.242 e. The van der Waals surface area contributed by atoms with Gasteiger partial charge in [0, 0.05) is 5.56 Å². The Morgan fingerprint density at radius 2 is 1.33 bits per heavy atom. The molecule has 36 heavy (non-hydrogen) atoms. The predicted octanol–water partition coefficient (Wildman–Crippen LogP) is 6.95. The van der Waals surface area contributed by atoms with Gasteiger partial charge in [0.15, 0.2) is 11.5 Å². The van der Waals surface area contributed by atoms with Gasteiger partial charge >= 0.3 is 0 Å². The Kier molecular flexibility index (Phi) is 9.31. The molecule has 0 saturated heterocycles. The normalized spacial score (nSPS) is 12.5. The summed E-state index contributed by atoms with van der Waals surface area (Å²) in [7, 11) is -5.40. The van der Waals surface area contributed by atoms with Crippen molar-refractivity contribution in [3.8, 4) is 23.0 Å². The molecule has 0 heterocycles. The molecular formula is C27H40O6SSi2. The van der Waals surface area contributed by atoms with Crippen molar-refractivity contribution in [2.75, 3.05) is 14.2 Å². The Morgan fingerprint density at radius 1 is 0.861 bits per heavy atom. The molecule has 0 bridgehead atoms. The van der Waals surface area contributed by atoms with Crippen LogP contribution >= 0.6 is 0 Å². The van der Waals surface area contributed by atoms with Crippen LogP contribution in [-0.2, 0) is 16.3 Å². The van der Waals surface area contributed by atoms with Crippen LogP contribution < -0.4 is 18.3 Å². The molecule has 2 aromatic rings. The summed E-state index contributed by atoms with van der Waals surface area (Å²) in [5.74, 6) is 1.10. The summed E-state index contributed by atoms with van der Waals surface area (Å²) in [5, 5.41) is 0. The molecule has 6 nitrogen and oxygen atoms in total. The van der Waals surface area contributed by atoms with Crippen molar-refractivity contribution in [3.63, 3.8) is 0 Å². The molecule has 0 saturated carbocycles. The summed E-state index contributed by atoms with van der Waals surface area (Å²) in [6.07, 6.45) is 4.63. The Bertz CT molecular complexity index is 1240. The first-order valence-corrected chi connectivity index (χ1v) is 20.1. The van der Waals surface area contributed by atoms with Crippen LogP contribution in [0.1, 0.15) is 18.1 Å². The van der Waals surface area contributed by atoms with Gasteiger partial charge in [-0.15, -0.1) is 0 Å². The topological polar surface area (TPSA) is 71.1 Å². The van der Waals surface area contributed by atoms with Crippen LogP contribution in [0.5, 0.6) is 23.0 Å². The number of ether oxygens (including phenoxy) is 2. The van der Waals surface area contributed by atoms with E-state index in [-0.39, 0.29) is 21.3 Å². The minimum absolute atomic E-state index is 0.0470. The third kappa shape index (κ3) is 7.27. The number of rotatable bonds is 11. The molecule has 0 atom stereocenters. The summed E-state index contributed by atoms with van der Waals surface area (Å²) in [6.45, 7) is 19.6. The molecule has 9 heteroatoms. The van der Waals surface area contributed by atoms with Crippen LogP contribution in [0.2, 0.25) is 39.3 Å². The van der Waals surface area contributed by atoms with Crippen molar-refractivity contribution in [2.45, 2.75) is 69.3 Å². The maximum absolute atomic E-state index is 14.1. The molecule has 0 aliphatic heterocycles. The van der Waals surface area contributed by atoms with Gasteiger partial charge in [0.1, 0.15) is 4.90 Å². The number of benzene rings is 2. The third-order valence-corrected chi connectivity index (χ3v) is 8.54. The Balaban J connectivity index is 2.82. The van der Waals surface area contributed by atoms with Crippen LogP contribution in [0.4, 0.5) is 0 Å². The van der Waals surface area contributed by atoms with E-state index < -0.39 is 26.5 Å². The quantitative estimate of drug-likeness (QED) is 0.224. The molecule has 0 amide bonds. The van der Waals surface area contributed by atoms with Gasteiger partial charge in [-0.1, -0.05) is 36.4 Å². The lowest BCUT2D eigenvalue weighted by atomic mass is 10.1. The first kappa shape index (κ1) is 29.7. The first-order chi connectivity index (χ1) is 16.5. The fourth-order valence-electron chi connectivity index (χ4n) is 3.59. The van der Waals surface area contributed by atoms with Gasteiger partial charge in [0.25, 0.3) is 0 Å². The molecule has 0 aliphatic rings. The third-order valence-electron chi connectivity index (χ3n) is 4.99. The summed E-state index contributed by atoms with van der Waals surface area (Å²) < 4.78 is 52.4. The maximum atomic E-state index is 14.1. The Hall–Kier alpha value is -2.50. The summed E-state index contributed by atoms with van der Waals surface area (Å²) in [5.41, 5.74) is 2.40. The molecule has 0 radical (unpaired) electrons. The standard InChI is InChI=1S/C27H40O6SSi2/c1-19(2)13-12-14-21-15-17-22(18-16-21)34(28,29)27-20(3)23(32-35(6,7)8)24(30-4)25(31-5)26(27)33-36(9,10)11/h12-13,15-18H,1,14H2,2-11H3. The average Bonchev–Trinajstić information content (AvgIpc) is 2.73. The van der Waals surface area contributed by atoms with Crippen molar-refractivity contribution in [1.82, 2.24) is 0 Å². The summed E-state index contributed by atoms with van der Waals surface area (Å²) in [6, 6.07) is 6.91. The van der Waals surface area contributed by atoms with Crippen molar-refractivity contribution in [1.29, 1.82) is 0 Å². The predicted molar refractivity (Wildman–Crippen MR) is 152 cm³/mol. The van der Waals surface area contributed by atoms with Gasteiger partial charge in [-0.3, -0.25) is 0 Å². The molecule has 0 unspecified atom stereocenters. The van der Waals surface area contributed by atoms with Crippen LogP contribution in [0.15, 0.2) is 58.4 Å². The number of hydrogen-bond acceptors (Lipinski definition) is 6. The van der Waals surface area contributed by atoms with Crippen LogP contribution in [0, 0.1) is 6.92 Å². The molecular weight excluding hydrogens is 509 g/mol. The van der Waals surface area contributed by atoms with Crippen molar-refractivity contribution >= 4 is 26.5 Å². The second-order valence-corrected chi connectivity index (χ2v) is 21.5. The van der Waals surface area contributed by atoms with Gasteiger partial charge in [-0.25, -0.2) is 8.42 Å². The highest BCUT2D eigenvalue weighted by molar-refractivity contribution is 7.91. The van der Waals surface area contributed by atoms with E-state index in [1.54, 1.807) is 19.1 Å². The van der Waals surface area contributed by atoms with Gasteiger partial charge in [0.05, 0.1) is 19.1 Å². The monoisotopic (exact) mass is 548 g/mol. The van der Waals surface area contributed by atoms with Crippen molar-refractivity contribution in [3.05, 3.63) is 59.7 Å². The molecule has 0 N–H and O–H groups in total. The van der Waals surface area contributed by atoms with Gasteiger partial charge in [-0.05, 0) is 77.2 Å². The fourth-order valence-corrected chi connectivity index (χ4v) is 6.94. The highest BCUT2D eigenvalue weighted by atomic mass is 32.2. The number of methoxy groups -OCH3 is 2. The lowest BCUT2D eigenvalue weighted by Gasteiger charge is -2.29. The van der Waals surface area contributed by atoms with Gasteiger partial charge < -0.3 is 18.3 Å². The average molecular weight is 549 g/mol. The van der Waals surface area contributed by atoms with E-state index in [4.69, 9.17) is 18.3 Å². The van der Waals surface area contributed by atoms with Crippen molar-refractivity contribution in [2.24, 2.45) is 0 Å². The van der Waals surface area contributed by atoms with E-state index >= 15 is 0 Å². The largest absolute Gasteiger partial charge is 0.542 e. The second-order valence-electron chi connectivity index (χ2n) is 10.7. The highest BCUT2D eigenvalue weighted by Gasteiger charge is 2.37. The van der Waals surface area contributed by atoms with E-state index in [1.165, 1.54) is 14.2 Å². The van der Waals surface area contributed by atoms with E-state index in [0.29, 0.717) is 23.5 Å². The zero-order valence-corrected chi connectivity index (χ0v) is 26.1. The molecule has 0 fully saturated rings. The zero-order valence-electron chi connectivity index (χ0n) is 23.2. The number of sulfone groups is 1. The molecule has 0 spiro atoms. The zero-order chi connectivity index (χ0) is 27.5. The minimum atomic E-state index is -3.99. The minimum Gasteiger partial charge on any atom is -0.542 e. The summed E-state index contributed by atoms with van der Waals surface area (Å²) in [4.78, 5) is 0.218. The van der Waals surface area contributed by atoms with E-state index in [9.17, 15) is 8.42 Å². The second kappa shape index (κ2) is 11.3. The van der Waals surface area contributed by atoms with Crippen LogP contribution in [-0.4, -0.2) is 39.3 Å². The molecule has 0 aliphatic carbocycles. The Morgan fingerprint density at radius 3 is 1.78 bits per heavy atom. The fraction of sp³-hybridized carbons (Fsp3) is 0.407. The van der Waals surface area contributed by atoms with Crippen LogP contribution in [0.3, 0.4) is 0 Å². The molecule has 2 rings (SSSR count). The van der Waals surface area contributed by atoms with E-state index in [2.05, 4.69) is 6.58 Å². The molecule has 0 aromatic heterocycles. The number of allylic oxidation sites excluding steroid dienone is 3. The molecule has 198 valence electrons. The SMILES string of the molecule is C=C(C)C=CCc1ccc(S(=O)(=O)c2c(C)c(O[Si](C)(C)C)c(OC)c(OC)c2O[Si](C)(C)C)cc1. The molecule has 2 aromatic carbocycles.